The lowest BCUT2D eigenvalue weighted by atomic mass is 10.1. The molecule has 0 aliphatic rings. The smallest absolute Gasteiger partial charge is 0.329 e. The van der Waals surface area contributed by atoms with Gasteiger partial charge in [-0.1, -0.05) is 0 Å². The van der Waals surface area contributed by atoms with Gasteiger partial charge in [0, 0.05) is 12.7 Å². The molecule has 0 atom stereocenters. The van der Waals surface area contributed by atoms with Crippen LogP contribution in [-0.4, -0.2) is 41.7 Å². The highest BCUT2D eigenvalue weighted by molar-refractivity contribution is 9.10. The monoisotopic (exact) mass is 344 g/mol. The van der Waals surface area contributed by atoms with E-state index in [1.807, 2.05) is 0 Å². The first-order chi connectivity index (χ1) is 9.20. The predicted octanol–water partition coefficient (Wildman–Crippen LogP) is 2.78. The van der Waals surface area contributed by atoms with Gasteiger partial charge in [0.05, 0.1) is 11.6 Å². The number of benzene rings is 1. The van der Waals surface area contributed by atoms with Crippen molar-refractivity contribution in [3.05, 3.63) is 22.7 Å². The molecule has 2 amide bonds. The summed E-state index contributed by atoms with van der Waals surface area (Å²) in [6.07, 6.45) is 0. The highest BCUT2D eigenvalue weighted by Gasteiger charge is 2.35. The predicted molar refractivity (Wildman–Crippen MR) is 79.2 cm³/mol. The molecule has 0 heterocycles. The van der Waals surface area contributed by atoms with E-state index in [4.69, 9.17) is 9.84 Å². The maximum absolute atomic E-state index is 12.0. The van der Waals surface area contributed by atoms with E-state index in [-0.39, 0.29) is 0 Å². The molecule has 7 heteroatoms. The largest absolute Gasteiger partial charge is 0.496 e. The zero-order valence-electron chi connectivity index (χ0n) is 11.7. The molecular weight excluding hydrogens is 328 g/mol. The minimum absolute atomic E-state index is 0.505. The van der Waals surface area contributed by atoms with Gasteiger partial charge in [0.15, 0.2) is 0 Å². The van der Waals surface area contributed by atoms with E-state index < -0.39 is 17.5 Å². The van der Waals surface area contributed by atoms with Crippen LogP contribution in [0.2, 0.25) is 0 Å². The summed E-state index contributed by atoms with van der Waals surface area (Å²) in [6, 6.07) is 4.54. The van der Waals surface area contributed by atoms with Crippen LogP contribution in [0.3, 0.4) is 0 Å². The Morgan fingerprint density at radius 3 is 2.45 bits per heavy atom. The van der Waals surface area contributed by atoms with E-state index in [0.29, 0.717) is 15.9 Å². The molecule has 0 saturated heterocycles. The number of carbonyl (C=O) groups is 2. The molecule has 0 unspecified atom stereocenters. The zero-order chi connectivity index (χ0) is 15.5. The molecule has 0 radical (unpaired) electrons. The third-order valence-electron chi connectivity index (χ3n) is 3.07. The quantitative estimate of drug-likeness (QED) is 0.880. The summed E-state index contributed by atoms with van der Waals surface area (Å²) in [5.41, 5.74) is -0.760. The second-order valence-electron chi connectivity index (χ2n) is 4.70. The molecule has 2 N–H and O–H groups in total. The third-order valence-corrected chi connectivity index (χ3v) is 3.69. The Kier molecular flexibility index (Phi) is 4.99. The van der Waals surface area contributed by atoms with Crippen LogP contribution in [0.15, 0.2) is 22.7 Å². The second kappa shape index (κ2) is 6.13. The number of likely N-dealkylation sites (N-methyl/N-ethyl adjacent to an activating group) is 1. The summed E-state index contributed by atoms with van der Waals surface area (Å²) in [6.45, 7) is 2.91. The number of hydrogen-bond donors (Lipinski definition) is 2. The number of anilines is 1. The fourth-order valence-corrected chi connectivity index (χ4v) is 1.89. The van der Waals surface area contributed by atoms with Gasteiger partial charge in [0.2, 0.25) is 0 Å². The van der Waals surface area contributed by atoms with E-state index >= 15 is 0 Å². The lowest BCUT2D eigenvalue weighted by Crippen LogP contribution is -2.52. The lowest BCUT2D eigenvalue weighted by molar-refractivity contribution is -0.146. The number of urea groups is 1. The topological polar surface area (TPSA) is 78.9 Å². The molecule has 1 aromatic carbocycles. The first-order valence-corrected chi connectivity index (χ1v) is 6.61. The summed E-state index contributed by atoms with van der Waals surface area (Å²) in [7, 11) is 2.98. The van der Waals surface area contributed by atoms with Crippen molar-refractivity contribution < 1.29 is 19.4 Å². The Morgan fingerprint density at radius 1 is 1.40 bits per heavy atom. The van der Waals surface area contributed by atoms with Gasteiger partial charge in [-0.25, -0.2) is 9.59 Å². The van der Waals surface area contributed by atoms with Gasteiger partial charge in [-0.2, -0.15) is 0 Å². The van der Waals surface area contributed by atoms with Crippen molar-refractivity contribution in [2.75, 3.05) is 19.5 Å². The van der Waals surface area contributed by atoms with Crippen LogP contribution in [0.1, 0.15) is 13.8 Å². The summed E-state index contributed by atoms with van der Waals surface area (Å²) < 4.78 is 5.78. The van der Waals surface area contributed by atoms with E-state index in [1.54, 1.807) is 25.3 Å². The van der Waals surface area contributed by atoms with Gasteiger partial charge in [-0.05, 0) is 48.0 Å². The summed E-state index contributed by atoms with van der Waals surface area (Å²) in [4.78, 5) is 24.3. The van der Waals surface area contributed by atoms with Crippen LogP contribution in [0.25, 0.3) is 0 Å². The number of carbonyl (C=O) groups excluding carboxylic acids is 1. The van der Waals surface area contributed by atoms with Crippen molar-refractivity contribution in [3.63, 3.8) is 0 Å². The van der Waals surface area contributed by atoms with E-state index in [1.165, 1.54) is 20.9 Å². The SMILES string of the molecule is COc1ccc(NC(=O)N(C)C(C)(C)C(=O)O)cc1Br. The van der Waals surface area contributed by atoms with Crippen molar-refractivity contribution >= 4 is 33.6 Å². The highest BCUT2D eigenvalue weighted by atomic mass is 79.9. The number of ether oxygens (including phenoxy) is 1. The molecule has 0 aliphatic heterocycles. The number of nitrogens with zero attached hydrogens (tertiary/aromatic N) is 1. The molecule has 1 rings (SSSR count). The second-order valence-corrected chi connectivity index (χ2v) is 5.56. The van der Waals surface area contributed by atoms with Crippen LogP contribution < -0.4 is 10.1 Å². The van der Waals surface area contributed by atoms with Crippen LogP contribution in [0.5, 0.6) is 5.75 Å². The van der Waals surface area contributed by atoms with Gasteiger partial charge in [-0.3, -0.25) is 0 Å². The van der Waals surface area contributed by atoms with Crippen LogP contribution >= 0.6 is 15.9 Å². The van der Waals surface area contributed by atoms with Crippen LogP contribution in [0.4, 0.5) is 10.5 Å². The molecule has 0 fully saturated rings. The fourth-order valence-electron chi connectivity index (χ4n) is 1.35. The van der Waals surface area contributed by atoms with Crippen LogP contribution in [-0.2, 0) is 4.79 Å². The molecule has 0 aliphatic carbocycles. The van der Waals surface area contributed by atoms with Gasteiger partial charge in [0.25, 0.3) is 0 Å². The number of aliphatic carboxylic acids is 1. The summed E-state index contributed by atoms with van der Waals surface area (Å²) in [5.74, 6) is -0.437. The Balaban J connectivity index is 2.86. The summed E-state index contributed by atoms with van der Waals surface area (Å²) in [5, 5.41) is 11.7. The Bertz CT molecular complexity index is 531. The maximum atomic E-state index is 12.0. The molecule has 0 aromatic heterocycles. The molecule has 0 spiro atoms. The van der Waals surface area contributed by atoms with E-state index in [2.05, 4.69) is 21.2 Å². The standard InChI is InChI=1S/C13H17BrN2O4/c1-13(2,11(17)18)16(3)12(19)15-8-5-6-10(20-4)9(14)7-8/h5-7H,1-4H3,(H,15,19)(H,17,18). The van der Waals surface area contributed by atoms with E-state index in [0.717, 1.165) is 4.90 Å². The average molecular weight is 345 g/mol. The Hall–Kier alpha value is -1.76. The fraction of sp³-hybridized carbons (Fsp3) is 0.385. The highest BCUT2D eigenvalue weighted by Crippen LogP contribution is 2.28. The van der Waals surface area contributed by atoms with Gasteiger partial charge >= 0.3 is 12.0 Å². The minimum atomic E-state index is -1.30. The number of carboxylic acids is 1. The molecule has 1 aromatic rings. The number of rotatable bonds is 4. The van der Waals surface area contributed by atoms with E-state index in [9.17, 15) is 9.59 Å². The number of hydrogen-bond acceptors (Lipinski definition) is 3. The molecule has 0 saturated carbocycles. The number of halogens is 1. The number of amides is 2. The number of nitrogens with one attached hydrogen (secondary N) is 1. The normalized spacial score (nSPS) is 10.8. The first kappa shape index (κ1) is 16.3. The molecule has 110 valence electrons. The zero-order valence-corrected chi connectivity index (χ0v) is 13.3. The number of methoxy groups -OCH3 is 1. The molecule has 20 heavy (non-hydrogen) atoms. The van der Waals surface area contributed by atoms with Gasteiger partial charge < -0.3 is 20.1 Å². The average Bonchev–Trinajstić information content (AvgIpc) is 2.37. The van der Waals surface area contributed by atoms with Crippen molar-refractivity contribution in [2.45, 2.75) is 19.4 Å². The summed E-state index contributed by atoms with van der Waals surface area (Å²) >= 11 is 3.31. The minimum Gasteiger partial charge on any atom is -0.496 e. The molecule has 0 bridgehead atoms. The molecular formula is C13H17BrN2O4. The molecule has 6 nitrogen and oxygen atoms in total. The number of carboxylic acid groups (broad SMARTS) is 1. The third kappa shape index (κ3) is 3.41. The Morgan fingerprint density at radius 2 is 2.00 bits per heavy atom. The van der Waals surface area contributed by atoms with Crippen LogP contribution in [0, 0.1) is 0 Å². The van der Waals surface area contributed by atoms with Crippen molar-refractivity contribution in [3.8, 4) is 5.75 Å². The maximum Gasteiger partial charge on any atom is 0.329 e. The Labute approximate surface area is 125 Å². The van der Waals surface area contributed by atoms with Crippen molar-refractivity contribution in [2.24, 2.45) is 0 Å². The van der Waals surface area contributed by atoms with Gasteiger partial charge in [-0.15, -0.1) is 0 Å². The lowest BCUT2D eigenvalue weighted by Gasteiger charge is -2.31. The van der Waals surface area contributed by atoms with Crippen molar-refractivity contribution in [1.82, 2.24) is 4.90 Å². The first-order valence-electron chi connectivity index (χ1n) is 5.82. The van der Waals surface area contributed by atoms with Crippen molar-refractivity contribution in [1.29, 1.82) is 0 Å². The van der Waals surface area contributed by atoms with Gasteiger partial charge in [0.1, 0.15) is 11.3 Å².